The predicted molar refractivity (Wildman–Crippen MR) is 79.4 cm³/mol. The number of aromatic nitrogens is 1. The maximum Gasteiger partial charge on any atom is 0.151 e. The molecule has 3 nitrogen and oxygen atoms in total. The highest BCUT2D eigenvalue weighted by Crippen LogP contribution is 2.35. The number of aryl methyl sites for hydroxylation is 1. The van der Waals surface area contributed by atoms with Crippen molar-refractivity contribution < 1.29 is 4.74 Å². The number of aromatic amines is 1. The van der Waals surface area contributed by atoms with Crippen LogP contribution < -0.4 is 10.5 Å². The van der Waals surface area contributed by atoms with Crippen LogP contribution in [0.2, 0.25) is 0 Å². The summed E-state index contributed by atoms with van der Waals surface area (Å²) in [5, 5.41) is 1.01. The molecule has 0 spiro atoms. The number of benzene rings is 2. The van der Waals surface area contributed by atoms with Crippen LogP contribution in [0.5, 0.6) is 5.75 Å². The van der Waals surface area contributed by atoms with E-state index in [1.165, 1.54) is 11.1 Å². The Balaban J connectivity index is 2.25. The number of hydrogen-bond donors (Lipinski definition) is 2. The first-order valence-electron chi connectivity index (χ1n) is 6.22. The van der Waals surface area contributed by atoms with Crippen molar-refractivity contribution in [1.82, 2.24) is 4.98 Å². The molecular formula is C16H16N2O. The van der Waals surface area contributed by atoms with Gasteiger partial charge in [-0.2, -0.15) is 0 Å². The summed E-state index contributed by atoms with van der Waals surface area (Å²) in [5.74, 6) is 0.730. The minimum atomic E-state index is 0.658. The largest absolute Gasteiger partial charge is 0.494 e. The van der Waals surface area contributed by atoms with Crippen LogP contribution in [0.3, 0.4) is 0 Å². The number of rotatable bonds is 2. The summed E-state index contributed by atoms with van der Waals surface area (Å²) in [5.41, 5.74) is 11.1. The number of nitrogens with two attached hydrogens (primary N) is 1. The van der Waals surface area contributed by atoms with E-state index in [0.29, 0.717) is 5.69 Å². The summed E-state index contributed by atoms with van der Waals surface area (Å²) in [6, 6.07) is 14.2. The van der Waals surface area contributed by atoms with E-state index in [1.54, 1.807) is 7.11 Å². The minimum Gasteiger partial charge on any atom is -0.494 e. The molecule has 0 saturated carbocycles. The Kier molecular flexibility index (Phi) is 2.67. The molecule has 1 aromatic heterocycles. The molecule has 96 valence electrons. The number of hydrogen-bond acceptors (Lipinski definition) is 2. The van der Waals surface area contributed by atoms with Crippen molar-refractivity contribution in [2.75, 3.05) is 12.8 Å². The summed E-state index contributed by atoms with van der Waals surface area (Å²) in [4.78, 5) is 3.42. The third-order valence-electron chi connectivity index (χ3n) is 3.42. The number of ether oxygens (including phenoxy) is 1. The average molecular weight is 252 g/mol. The van der Waals surface area contributed by atoms with Crippen molar-refractivity contribution in [2.24, 2.45) is 0 Å². The molecule has 0 aliphatic carbocycles. The van der Waals surface area contributed by atoms with Gasteiger partial charge in [0.1, 0.15) is 0 Å². The molecule has 3 rings (SSSR count). The van der Waals surface area contributed by atoms with Gasteiger partial charge in [-0.05, 0) is 30.7 Å². The van der Waals surface area contributed by atoms with E-state index < -0.39 is 0 Å². The Morgan fingerprint density at radius 3 is 2.63 bits per heavy atom. The lowest BCUT2D eigenvalue weighted by Gasteiger charge is -2.04. The summed E-state index contributed by atoms with van der Waals surface area (Å²) in [7, 11) is 1.64. The third kappa shape index (κ3) is 1.83. The van der Waals surface area contributed by atoms with Crippen LogP contribution >= 0.6 is 0 Å². The summed E-state index contributed by atoms with van der Waals surface area (Å²) >= 11 is 0. The van der Waals surface area contributed by atoms with Crippen LogP contribution in [-0.4, -0.2) is 12.1 Å². The van der Waals surface area contributed by atoms with Crippen molar-refractivity contribution in [2.45, 2.75) is 6.92 Å². The fourth-order valence-electron chi connectivity index (χ4n) is 2.44. The Labute approximate surface area is 112 Å². The molecule has 3 aromatic rings. The Morgan fingerprint density at radius 2 is 1.89 bits per heavy atom. The smallest absolute Gasteiger partial charge is 0.151 e. The maximum atomic E-state index is 5.94. The Morgan fingerprint density at radius 1 is 1.11 bits per heavy atom. The number of H-pyrrole nitrogens is 1. The summed E-state index contributed by atoms with van der Waals surface area (Å²) < 4.78 is 5.39. The van der Waals surface area contributed by atoms with Gasteiger partial charge in [-0.25, -0.2) is 0 Å². The van der Waals surface area contributed by atoms with Crippen LogP contribution in [0, 0.1) is 6.92 Å². The molecule has 1 heterocycles. The molecule has 0 radical (unpaired) electrons. The molecule has 0 unspecified atom stereocenters. The minimum absolute atomic E-state index is 0.658. The Hall–Kier alpha value is -2.42. The molecule has 0 amide bonds. The lowest BCUT2D eigenvalue weighted by molar-refractivity contribution is 0.422. The lowest BCUT2D eigenvalue weighted by atomic mass is 10.1. The van der Waals surface area contributed by atoms with Gasteiger partial charge in [0.25, 0.3) is 0 Å². The summed E-state index contributed by atoms with van der Waals surface area (Å²) in [6.07, 6.45) is 0. The van der Waals surface area contributed by atoms with Crippen LogP contribution in [-0.2, 0) is 0 Å². The van der Waals surface area contributed by atoms with Crippen molar-refractivity contribution >= 4 is 16.6 Å². The van der Waals surface area contributed by atoms with Crippen molar-refractivity contribution in [3.05, 3.63) is 48.0 Å². The second-order valence-electron chi connectivity index (χ2n) is 4.65. The molecule has 0 aliphatic heterocycles. The zero-order valence-corrected chi connectivity index (χ0v) is 11.0. The number of nitrogen functional groups attached to an aromatic ring is 1. The zero-order chi connectivity index (χ0) is 13.4. The van der Waals surface area contributed by atoms with Gasteiger partial charge in [-0.15, -0.1) is 0 Å². The standard InChI is InChI=1S/C16H16N2O/c1-10-5-3-4-6-11(10)15-9-12-14(18-15)8-7-13(17)16(12)19-2/h3-9,18H,17H2,1-2H3. The number of anilines is 1. The molecule has 2 aromatic carbocycles. The fraction of sp³-hybridized carbons (Fsp3) is 0.125. The monoisotopic (exact) mass is 252 g/mol. The van der Waals surface area contributed by atoms with Crippen LogP contribution in [0.1, 0.15) is 5.56 Å². The van der Waals surface area contributed by atoms with E-state index in [-0.39, 0.29) is 0 Å². The molecule has 0 saturated heterocycles. The van der Waals surface area contributed by atoms with Crippen LogP contribution in [0.15, 0.2) is 42.5 Å². The third-order valence-corrected chi connectivity index (χ3v) is 3.42. The zero-order valence-electron chi connectivity index (χ0n) is 11.0. The van der Waals surface area contributed by atoms with E-state index in [0.717, 1.165) is 22.3 Å². The quantitative estimate of drug-likeness (QED) is 0.683. The van der Waals surface area contributed by atoms with E-state index in [1.807, 2.05) is 24.3 Å². The molecule has 0 fully saturated rings. The highest BCUT2D eigenvalue weighted by atomic mass is 16.5. The number of methoxy groups -OCH3 is 1. The number of nitrogens with one attached hydrogen (secondary N) is 1. The normalized spacial score (nSPS) is 10.8. The van der Waals surface area contributed by atoms with Crippen LogP contribution in [0.25, 0.3) is 22.2 Å². The van der Waals surface area contributed by atoms with Gasteiger partial charge in [-0.3, -0.25) is 0 Å². The molecule has 0 bridgehead atoms. The predicted octanol–water partition coefficient (Wildman–Crippen LogP) is 3.73. The van der Waals surface area contributed by atoms with Crippen molar-refractivity contribution in [1.29, 1.82) is 0 Å². The topological polar surface area (TPSA) is 51.0 Å². The first-order valence-corrected chi connectivity index (χ1v) is 6.22. The second kappa shape index (κ2) is 4.35. The fourth-order valence-corrected chi connectivity index (χ4v) is 2.44. The molecular weight excluding hydrogens is 236 g/mol. The van der Waals surface area contributed by atoms with Crippen molar-refractivity contribution in [3.8, 4) is 17.0 Å². The van der Waals surface area contributed by atoms with Gasteiger partial charge in [0.2, 0.25) is 0 Å². The SMILES string of the molecule is COc1c(N)ccc2[nH]c(-c3ccccc3C)cc12. The molecule has 0 atom stereocenters. The van der Waals surface area contributed by atoms with Crippen molar-refractivity contribution in [3.63, 3.8) is 0 Å². The van der Waals surface area contributed by atoms with E-state index in [4.69, 9.17) is 10.5 Å². The van der Waals surface area contributed by atoms with Gasteiger partial charge in [0, 0.05) is 22.2 Å². The van der Waals surface area contributed by atoms with Gasteiger partial charge in [0.15, 0.2) is 5.75 Å². The Bertz CT molecular complexity index is 744. The highest BCUT2D eigenvalue weighted by molar-refractivity contribution is 5.95. The average Bonchev–Trinajstić information content (AvgIpc) is 2.83. The van der Waals surface area contributed by atoms with Crippen LogP contribution in [0.4, 0.5) is 5.69 Å². The van der Waals surface area contributed by atoms with Gasteiger partial charge < -0.3 is 15.5 Å². The molecule has 0 aliphatic rings. The van der Waals surface area contributed by atoms with Gasteiger partial charge in [0.05, 0.1) is 12.8 Å². The maximum absolute atomic E-state index is 5.94. The molecule has 3 heteroatoms. The molecule has 3 N–H and O–H groups in total. The van der Waals surface area contributed by atoms with E-state index in [9.17, 15) is 0 Å². The summed E-state index contributed by atoms with van der Waals surface area (Å²) in [6.45, 7) is 2.10. The van der Waals surface area contributed by atoms with Gasteiger partial charge >= 0.3 is 0 Å². The number of fused-ring (bicyclic) bond motifs is 1. The van der Waals surface area contributed by atoms with Gasteiger partial charge in [-0.1, -0.05) is 24.3 Å². The highest BCUT2D eigenvalue weighted by Gasteiger charge is 2.11. The first kappa shape index (κ1) is 11.7. The molecule has 19 heavy (non-hydrogen) atoms. The second-order valence-corrected chi connectivity index (χ2v) is 4.65. The first-order chi connectivity index (χ1) is 9.20. The van der Waals surface area contributed by atoms with E-state index in [2.05, 4.69) is 30.1 Å². The lowest BCUT2D eigenvalue weighted by Crippen LogP contribution is -1.91. The van der Waals surface area contributed by atoms with E-state index >= 15 is 0 Å².